The van der Waals surface area contributed by atoms with Gasteiger partial charge in [-0.3, -0.25) is 14.5 Å². The number of benzene rings is 3. The maximum atomic E-state index is 13.7. The van der Waals surface area contributed by atoms with Crippen molar-refractivity contribution < 1.29 is 28.9 Å². The Labute approximate surface area is 252 Å². The molecular weight excluding hydrogens is 576 g/mol. The van der Waals surface area contributed by atoms with E-state index in [4.69, 9.17) is 25.8 Å². The van der Waals surface area contributed by atoms with Crippen molar-refractivity contribution in [1.29, 1.82) is 0 Å². The van der Waals surface area contributed by atoms with Crippen molar-refractivity contribution in [3.63, 3.8) is 0 Å². The molecule has 2 heterocycles. The third-order valence-electron chi connectivity index (χ3n) is 6.53. The fourth-order valence-electron chi connectivity index (χ4n) is 4.65. The minimum atomic E-state index is -0.996. The van der Waals surface area contributed by atoms with E-state index in [9.17, 15) is 14.7 Å². The second-order valence-electron chi connectivity index (χ2n) is 9.39. The minimum absolute atomic E-state index is 0.0678. The number of anilines is 1. The second kappa shape index (κ2) is 12.7. The number of rotatable bonds is 11. The molecule has 8 nitrogen and oxygen atoms in total. The second-order valence-corrected chi connectivity index (χ2v) is 10.8. The number of ketones is 1. The number of fused-ring (bicyclic) bond motifs is 1. The number of hydrogen-bond donors (Lipinski definition) is 1. The monoisotopic (exact) mass is 604 g/mol. The molecule has 4 aromatic rings. The number of nitrogens with zero attached hydrogens (tertiary/aromatic N) is 2. The summed E-state index contributed by atoms with van der Waals surface area (Å²) in [6.45, 7) is 8.72. The first-order valence-corrected chi connectivity index (χ1v) is 14.7. The highest BCUT2D eigenvalue weighted by atomic mass is 35.5. The molecule has 1 aliphatic heterocycles. The Morgan fingerprint density at radius 2 is 1.83 bits per heavy atom. The molecule has 1 N–H and O–H groups in total. The molecule has 1 atom stereocenters. The Hall–Kier alpha value is -4.34. The molecular formula is C32H29ClN2O6S. The van der Waals surface area contributed by atoms with E-state index in [1.807, 2.05) is 13.8 Å². The van der Waals surface area contributed by atoms with Crippen LogP contribution in [-0.4, -0.2) is 41.6 Å². The van der Waals surface area contributed by atoms with Crippen LogP contribution in [0.1, 0.15) is 37.4 Å². The zero-order chi connectivity index (χ0) is 29.8. The van der Waals surface area contributed by atoms with Gasteiger partial charge in [-0.05, 0) is 73.5 Å². The van der Waals surface area contributed by atoms with Crippen molar-refractivity contribution >= 4 is 55.7 Å². The number of aromatic nitrogens is 1. The molecule has 10 heteroatoms. The Balaban J connectivity index is 1.67. The summed E-state index contributed by atoms with van der Waals surface area (Å²) in [4.78, 5) is 33.3. The molecule has 1 aliphatic rings. The first-order valence-electron chi connectivity index (χ1n) is 13.5. The number of carbonyl (C=O) groups excluding carboxylic acids is 2. The van der Waals surface area contributed by atoms with Crippen LogP contribution < -0.4 is 19.1 Å². The average Bonchev–Trinajstić information content (AvgIpc) is 3.52. The summed E-state index contributed by atoms with van der Waals surface area (Å²) in [5.74, 6) is -0.400. The van der Waals surface area contributed by atoms with Gasteiger partial charge >= 0.3 is 5.91 Å². The number of halogens is 1. The van der Waals surface area contributed by atoms with E-state index < -0.39 is 17.7 Å². The van der Waals surface area contributed by atoms with Gasteiger partial charge in [-0.1, -0.05) is 48.6 Å². The molecule has 3 aromatic carbocycles. The summed E-state index contributed by atoms with van der Waals surface area (Å²) in [5.41, 5.74) is 1.46. The lowest BCUT2D eigenvalue weighted by Crippen LogP contribution is -2.29. The summed E-state index contributed by atoms with van der Waals surface area (Å²) in [6.07, 6.45) is 2.47. The van der Waals surface area contributed by atoms with Crippen molar-refractivity contribution in [1.82, 2.24) is 4.98 Å². The van der Waals surface area contributed by atoms with E-state index in [1.54, 1.807) is 66.7 Å². The third-order valence-corrected chi connectivity index (χ3v) is 7.78. The van der Waals surface area contributed by atoms with Crippen LogP contribution in [0.4, 0.5) is 5.13 Å². The molecule has 1 unspecified atom stereocenters. The molecule has 216 valence electrons. The van der Waals surface area contributed by atoms with E-state index in [-0.39, 0.29) is 17.9 Å². The molecule has 0 radical (unpaired) electrons. The molecule has 0 aliphatic carbocycles. The summed E-state index contributed by atoms with van der Waals surface area (Å²) in [7, 11) is 0. The van der Waals surface area contributed by atoms with Crippen molar-refractivity contribution in [3.8, 4) is 17.2 Å². The normalized spacial score (nSPS) is 16.2. The number of aliphatic hydroxyl groups is 1. The molecule has 1 amide bonds. The number of Topliss-reactive ketones (excluding diaryl/α,β-unsaturated/α-hetero) is 1. The summed E-state index contributed by atoms with van der Waals surface area (Å²) < 4.78 is 18.0. The maximum absolute atomic E-state index is 13.7. The van der Waals surface area contributed by atoms with Crippen LogP contribution in [0.15, 0.2) is 78.9 Å². The van der Waals surface area contributed by atoms with Crippen molar-refractivity contribution in [2.24, 2.45) is 0 Å². The number of carbonyl (C=O) groups is 2. The highest BCUT2D eigenvalue weighted by molar-refractivity contribution is 7.22. The standard InChI is InChI=1S/C32H29ClN2O6S/c1-4-15-40-22-11-7-19(8-12-22)29(36)27-28(20-9-14-24(41-16-5-2)25(17-20)39-6-3)35(31(38)30(27)37)32-34-23-13-10-21(33)18-26(23)42-32/h5,7-14,17-18,28,36H,2,4,6,15-16H2,1,3H3. The third kappa shape index (κ3) is 5.70. The quantitative estimate of drug-likeness (QED) is 0.0828. The van der Waals surface area contributed by atoms with Gasteiger partial charge in [0.1, 0.15) is 18.1 Å². The van der Waals surface area contributed by atoms with Gasteiger partial charge in [0.05, 0.1) is 35.0 Å². The Kier molecular flexibility index (Phi) is 8.80. The first kappa shape index (κ1) is 29.2. The molecule has 42 heavy (non-hydrogen) atoms. The molecule has 1 saturated heterocycles. The van der Waals surface area contributed by atoms with Gasteiger partial charge in [-0.2, -0.15) is 0 Å². The molecule has 1 fully saturated rings. The van der Waals surface area contributed by atoms with Crippen molar-refractivity contribution in [2.45, 2.75) is 26.3 Å². The minimum Gasteiger partial charge on any atom is -0.507 e. The van der Waals surface area contributed by atoms with Crippen LogP contribution in [0.2, 0.25) is 5.02 Å². The summed E-state index contributed by atoms with van der Waals surface area (Å²) in [6, 6.07) is 16.1. The van der Waals surface area contributed by atoms with Gasteiger partial charge in [-0.15, -0.1) is 0 Å². The molecule has 1 aromatic heterocycles. The zero-order valence-corrected chi connectivity index (χ0v) is 24.7. The van der Waals surface area contributed by atoms with Gasteiger partial charge in [0.2, 0.25) is 0 Å². The highest BCUT2D eigenvalue weighted by Crippen LogP contribution is 2.46. The predicted molar refractivity (Wildman–Crippen MR) is 165 cm³/mol. The molecule has 5 rings (SSSR count). The van der Waals surface area contributed by atoms with Crippen LogP contribution in [0.5, 0.6) is 17.2 Å². The van der Waals surface area contributed by atoms with Crippen LogP contribution in [-0.2, 0) is 9.59 Å². The van der Waals surface area contributed by atoms with Gasteiger partial charge in [0, 0.05) is 10.6 Å². The smallest absolute Gasteiger partial charge is 0.301 e. The lowest BCUT2D eigenvalue weighted by atomic mass is 9.95. The first-order chi connectivity index (χ1) is 20.4. The topological polar surface area (TPSA) is 98.2 Å². The van der Waals surface area contributed by atoms with E-state index in [1.165, 1.54) is 16.2 Å². The fraction of sp³-hybridized carbons (Fsp3) is 0.219. The van der Waals surface area contributed by atoms with Gasteiger partial charge in [0.25, 0.3) is 5.78 Å². The molecule has 0 spiro atoms. The lowest BCUT2D eigenvalue weighted by molar-refractivity contribution is -0.132. The van der Waals surface area contributed by atoms with Gasteiger partial charge < -0.3 is 19.3 Å². The highest BCUT2D eigenvalue weighted by Gasteiger charge is 2.48. The van der Waals surface area contributed by atoms with E-state index in [0.717, 1.165) is 11.1 Å². The van der Waals surface area contributed by atoms with Crippen LogP contribution >= 0.6 is 22.9 Å². The summed E-state index contributed by atoms with van der Waals surface area (Å²) >= 11 is 7.43. The van der Waals surface area contributed by atoms with Gasteiger partial charge in [-0.25, -0.2) is 4.98 Å². The number of ether oxygens (including phenoxy) is 3. The fourth-order valence-corrected chi connectivity index (χ4v) is 5.92. The SMILES string of the molecule is C=CCOc1ccc(C2C(=C(O)c3ccc(OCCC)cc3)C(=O)C(=O)N2c2nc3ccc(Cl)cc3s2)cc1OCC. The molecule has 0 saturated carbocycles. The van der Waals surface area contributed by atoms with Gasteiger partial charge in [0.15, 0.2) is 16.6 Å². The van der Waals surface area contributed by atoms with Crippen LogP contribution in [0, 0.1) is 0 Å². The van der Waals surface area contributed by atoms with E-state index >= 15 is 0 Å². The average molecular weight is 605 g/mol. The Morgan fingerprint density at radius 3 is 2.55 bits per heavy atom. The maximum Gasteiger partial charge on any atom is 0.301 e. The van der Waals surface area contributed by atoms with Crippen LogP contribution in [0.3, 0.4) is 0 Å². The van der Waals surface area contributed by atoms with E-state index in [2.05, 4.69) is 11.6 Å². The molecule has 0 bridgehead atoms. The van der Waals surface area contributed by atoms with Crippen molar-refractivity contribution in [3.05, 3.63) is 95.0 Å². The van der Waals surface area contributed by atoms with Crippen LogP contribution in [0.25, 0.3) is 16.0 Å². The zero-order valence-electron chi connectivity index (χ0n) is 23.1. The van der Waals surface area contributed by atoms with Crippen molar-refractivity contribution in [2.75, 3.05) is 24.7 Å². The Morgan fingerprint density at radius 1 is 1.05 bits per heavy atom. The largest absolute Gasteiger partial charge is 0.507 e. The lowest BCUT2D eigenvalue weighted by Gasteiger charge is -2.24. The number of thiazole rings is 1. The number of hydrogen-bond acceptors (Lipinski definition) is 8. The Bertz CT molecular complexity index is 1680. The number of amides is 1. The number of aliphatic hydroxyl groups excluding tert-OH is 1. The van der Waals surface area contributed by atoms with E-state index in [0.29, 0.717) is 57.3 Å². The summed E-state index contributed by atoms with van der Waals surface area (Å²) in [5, 5.41) is 12.4. The predicted octanol–water partition coefficient (Wildman–Crippen LogP) is 7.33.